The van der Waals surface area contributed by atoms with Crippen molar-refractivity contribution in [2.24, 2.45) is 0 Å². The normalized spacial score (nSPS) is 13.7. The third kappa shape index (κ3) is 6.90. The lowest BCUT2D eigenvalue weighted by atomic mass is 9.85. The van der Waals surface area contributed by atoms with E-state index in [9.17, 15) is 22.8 Å². The molecular formula is C27H30F3N5O3. The van der Waals surface area contributed by atoms with Gasteiger partial charge in [0.2, 0.25) is 0 Å². The molecule has 2 heterocycles. The highest BCUT2D eigenvalue weighted by atomic mass is 19.4. The highest BCUT2D eigenvalue weighted by Gasteiger charge is 2.32. The summed E-state index contributed by atoms with van der Waals surface area (Å²) in [4.78, 5) is 27.9. The van der Waals surface area contributed by atoms with Crippen molar-refractivity contribution in [1.82, 2.24) is 25.2 Å². The monoisotopic (exact) mass is 529 g/mol. The fraction of sp³-hybridized carbons (Fsp3) is 0.407. The molecule has 0 unspecified atom stereocenters. The van der Waals surface area contributed by atoms with Crippen molar-refractivity contribution in [3.05, 3.63) is 65.5 Å². The van der Waals surface area contributed by atoms with Gasteiger partial charge >= 0.3 is 12.4 Å². The van der Waals surface area contributed by atoms with E-state index in [0.29, 0.717) is 48.2 Å². The molecule has 38 heavy (non-hydrogen) atoms. The smallest absolute Gasteiger partial charge is 0.406 e. The van der Waals surface area contributed by atoms with E-state index in [-0.39, 0.29) is 30.5 Å². The van der Waals surface area contributed by atoms with Crippen molar-refractivity contribution in [3.63, 3.8) is 0 Å². The van der Waals surface area contributed by atoms with Gasteiger partial charge in [0.05, 0.1) is 6.20 Å². The summed E-state index contributed by atoms with van der Waals surface area (Å²) in [5.41, 5.74) is 2.89. The largest absolute Gasteiger partial charge is 0.573 e. The molecule has 4 rings (SSSR count). The van der Waals surface area contributed by atoms with Crippen LogP contribution in [0, 0.1) is 0 Å². The first-order valence-corrected chi connectivity index (χ1v) is 12.3. The maximum Gasteiger partial charge on any atom is 0.573 e. The molecule has 1 aromatic heterocycles. The molecule has 0 aliphatic carbocycles. The summed E-state index contributed by atoms with van der Waals surface area (Å²) in [5.74, 6) is -0.390. The molecule has 8 nitrogen and oxygen atoms in total. The van der Waals surface area contributed by atoms with Gasteiger partial charge in [-0.05, 0) is 68.0 Å². The number of nitrogens with one attached hydrogen (secondary N) is 1. The van der Waals surface area contributed by atoms with E-state index < -0.39 is 11.9 Å². The Labute approximate surface area is 218 Å². The number of benzene rings is 2. The second-order valence-electron chi connectivity index (χ2n) is 10.2. The van der Waals surface area contributed by atoms with E-state index in [1.807, 2.05) is 20.8 Å². The molecule has 2 amide bonds. The maximum atomic E-state index is 13.3. The first-order chi connectivity index (χ1) is 17.9. The molecule has 11 heteroatoms. The van der Waals surface area contributed by atoms with Gasteiger partial charge in [-0.25, -0.2) is 4.79 Å². The van der Waals surface area contributed by atoms with Gasteiger partial charge in [0, 0.05) is 43.4 Å². The summed E-state index contributed by atoms with van der Waals surface area (Å²) in [6, 6.07) is 9.01. The van der Waals surface area contributed by atoms with E-state index >= 15 is 0 Å². The summed E-state index contributed by atoms with van der Waals surface area (Å²) >= 11 is 0. The van der Waals surface area contributed by atoms with Crippen molar-refractivity contribution >= 4 is 11.8 Å². The van der Waals surface area contributed by atoms with Gasteiger partial charge in [-0.15, -0.1) is 18.3 Å². The van der Waals surface area contributed by atoms with Crippen LogP contribution in [0.1, 0.15) is 55.1 Å². The molecule has 0 radical (unpaired) electrons. The minimum Gasteiger partial charge on any atom is -0.406 e. The third-order valence-electron chi connectivity index (χ3n) is 6.12. The molecule has 0 atom stereocenters. The van der Waals surface area contributed by atoms with Crippen molar-refractivity contribution in [2.75, 3.05) is 6.54 Å². The van der Waals surface area contributed by atoms with Crippen molar-refractivity contribution in [1.29, 1.82) is 0 Å². The van der Waals surface area contributed by atoms with E-state index in [1.54, 1.807) is 40.2 Å². The number of amides is 2. The molecule has 2 aromatic carbocycles. The number of Topliss-reactive ketones (excluding diaryl/α,β-unsaturated/α-hetero) is 1. The predicted octanol–water partition coefficient (Wildman–Crippen LogP) is 5.37. The second-order valence-corrected chi connectivity index (χ2v) is 10.2. The number of ether oxygens (including phenoxy) is 1. The van der Waals surface area contributed by atoms with Gasteiger partial charge < -0.3 is 15.0 Å². The Morgan fingerprint density at radius 2 is 1.89 bits per heavy atom. The number of alkyl halides is 3. The van der Waals surface area contributed by atoms with E-state index in [1.165, 1.54) is 18.2 Å². The van der Waals surface area contributed by atoms with Crippen LogP contribution < -0.4 is 10.1 Å². The number of hydrogen-bond donors (Lipinski definition) is 1. The molecule has 1 aliphatic heterocycles. The number of rotatable bonds is 7. The van der Waals surface area contributed by atoms with Crippen molar-refractivity contribution < 1.29 is 27.5 Å². The Hall–Kier alpha value is -3.89. The van der Waals surface area contributed by atoms with Crippen molar-refractivity contribution in [2.45, 2.75) is 65.0 Å². The minimum absolute atomic E-state index is 0.0693. The first-order valence-electron chi connectivity index (χ1n) is 12.3. The zero-order valence-electron chi connectivity index (χ0n) is 21.5. The van der Waals surface area contributed by atoms with Gasteiger partial charge in [-0.3, -0.25) is 9.48 Å². The lowest BCUT2D eigenvalue weighted by Crippen LogP contribution is -2.50. The van der Waals surface area contributed by atoms with Crippen LogP contribution in [0.5, 0.6) is 5.75 Å². The van der Waals surface area contributed by atoms with Crippen LogP contribution in [-0.2, 0) is 19.5 Å². The number of aromatic nitrogens is 3. The van der Waals surface area contributed by atoms with Gasteiger partial charge in [-0.2, -0.15) is 0 Å². The number of fused-ring (bicyclic) bond motifs is 1. The Morgan fingerprint density at radius 1 is 1.11 bits per heavy atom. The van der Waals surface area contributed by atoms with Crippen LogP contribution in [0.3, 0.4) is 0 Å². The number of aryl methyl sites for hydroxylation is 1. The first kappa shape index (κ1) is 27.2. The Bertz CT molecular complexity index is 1300. The lowest BCUT2D eigenvalue weighted by molar-refractivity contribution is -0.274. The van der Waals surface area contributed by atoms with Crippen LogP contribution >= 0.6 is 0 Å². The number of ketones is 1. The van der Waals surface area contributed by atoms with Gasteiger partial charge in [0.15, 0.2) is 5.78 Å². The zero-order chi connectivity index (χ0) is 27.5. The van der Waals surface area contributed by atoms with Crippen LogP contribution in [0.15, 0.2) is 48.8 Å². The number of carbonyl (C=O) groups is 2. The van der Waals surface area contributed by atoms with Crippen LogP contribution in [0.4, 0.5) is 18.0 Å². The molecule has 1 N–H and O–H groups in total. The molecule has 0 spiro atoms. The molecule has 1 aliphatic rings. The molecule has 0 saturated heterocycles. The van der Waals surface area contributed by atoms with Gasteiger partial charge in [0.25, 0.3) is 0 Å². The Kier molecular flexibility index (Phi) is 7.75. The average molecular weight is 530 g/mol. The molecule has 3 aromatic rings. The van der Waals surface area contributed by atoms with Gasteiger partial charge in [-0.1, -0.05) is 29.5 Å². The standard InChI is InChI=1S/C27H30F3N5O3/c1-26(2,3)32-25(37)34-14-11-21-20(18-6-4-7-19(16-18)38-27(28,29)30)9-10-22(23(21)17-34)24(36)8-5-13-35-15-12-31-33-35/h4,6-7,9-10,12,15-16H,5,8,11,13-14,17H2,1-3H3,(H,32,37). The molecule has 0 bridgehead atoms. The average Bonchev–Trinajstić information content (AvgIpc) is 3.34. The molecule has 202 valence electrons. The number of carbonyl (C=O) groups excluding carboxylic acids is 2. The zero-order valence-corrected chi connectivity index (χ0v) is 21.5. The van der Waals surface area contributed by atoms with E-state index in [2.05, 4.69) is 20.4 Å². The highest BCUT2D eigenvalue weighted by Crippen LogP contribution is 2.35. The fourth-order valence-corrected chi connectivity index (χ4v) is 4.53. The van der Waals surface area contributed by atoms with E-state index in [4.69, 9.17) is 0 Å². The predicted molar refractivity (Wildman–Crippen MR) is 135 cm³/mol. The van der Waals surface area contributed by atoms with Gasteiger partial charge in [0.1, 0.15) is 5.75 Å². The number of nitrogens with zero attached hydrogens (tertiary/aromatic N) is 4. The Morgan fingerprint density at radius 3 is 2.58 bits per heavy atom. The third-order valence-corrected chi connectivity index (χ3v) is 6.12. The van der Waals surface area contributed by atoms with Crippen LogP contribution in [-0.4, -0.2) is 50.2 Å². The number of urea groups is 1. The highest BCUT2D eigenvalue weighted by molar-refractivity contribution is 5.99. The Balaban J connectivity index is 1.66. The summed E-state index contributed by atoms with van der Waals surface area (Å²) in [7, 11) is 0. The fourth-order valence-electron chi connectivity index (χ4n) is 4.53. The topological polar surface area (TPSA) is 89.4 Å². The quantitative estimate of drug-likeness (QED) is 0.416. The van der Waals surface area contributed by atoms with Crippen molar-refractivity contribution in [3.8, 4) is 16.9 Å². The molecule has 0 saturated carbocycles. The molecule has 0 fully saturated rings. The summed E-state index contributed by atoms with van der Waals surface area (Å²) in [6.45, 7) is 6.83. The maximum absolute atomic E-state index is 13.3. The van der Waals surface area contributed by atoms with E-state index in [0.717, 1.165) is 5.56 Å². The SMILES string of the molecule is CC(C)(C)NC(=O)N1CCc2c(-c3cccc(OC(F)(F)F)c3)ccc(C(=O)CCCn3ccnn3)c2C1. The van der Waals surface area contributed by atoms with Crippen LogP contribution in [0.2, 0.25) is 0 Å². The lowest BCUT2D eigenvalue weighted by Gasteiger charge is -2.34. The number of hydrogen-bond acceptors (Lipinski definition) is 5. The van der Waals surface area contributed by atoms with Crippen LogP contribution in [0.25, 0.3) is 11.1 Å². The summed E-state index contributed by atoms with van der Waals surface area (Å²) in [6.07, 6.45) is -0.223. The summed E-state index contributed by atoms with van der Waals surface area (Å²) in [5, 5.41) is 10.6. The molecular weight excluding hydrogens is 499 g/mol. The second kappa shape index (κ2) is 10.8. The summed E-state index contributed by atoms with van der Waals surface area (Å²) < 4.78 is 44.2. The minimum atomic E-state index is -4.80. The number of halogens is 3.